The van der Waals surface area contributed by atoms with E-state index in [4.69, 9.17) is 0 Å². The summed E-state index contributed by atoms with van der Waals surface area (Å²) in [6.45, 7) is 10.4. The van der Waals surface area contributed by atoms with E-state index in [0.29, 0.717) is 23.9 Å². The molecule has 2 rings (SSSR count). The van der Waals surface area contributed by atoms with Crippen LogP contribution in [0.15, 0.2) is 30.3 Å². The minimum Gasteiger partial charge on any atom is -0.365 e. The van der Waals surface area contributed by atoms with Gasteiger partial charge in [-0.25, -0.2) is 9.97 Å². The van der Waals surface area contributed by atoms with Crippen LogP contribution in [0.25, 0.3) is 0 Å². The predicted molar refractivity (Wildman–Crippen MR) is 92.5 cm³/mol. The molecule has 1 aromatic heterocycles. The minimum absolute atomic E-state index is 0.129. The highest BCUT2D eigenvalue weighted by Gasteiger charge is 2.14. The maximum absolute atomic E-state index is 12.3. The summed E-state index contributed by atoms with van der Waals surface area (Å²) in [7, 11) is 0. The Balaban J connectivity index is 2.09. The number of aryl methyl sites for hydroxylation is 2. The van der Waals surface area contributed by atoms with Gasteiger partial charge in [-0.05, 0) is 40.2 Å². The van der Waals surface area contributed by atoms with Crippen LogP contribution in [0.3, 0.4) is 0 Å². The van der Waals surface area contributed by atoms with E-state index in [9.17, 15) is 4.79 Å². The van der Waals surface area contributed by atoms with Crippen LogP contribution in [0.4, 0.5) is 5.82 Å². The Labute approximate surface area is 137 Å². The summed E-state index contributed by atoms with van der Waals surface area (Å²) >= 11 is 0. The van der Waals surface area contributed by atoms with Crippen LogP contribution in [0.1, 0.15) is 48.2 Å². The highest BCUT2D eigenvalue weighted by molar-refractivity contribution is 5.92. The van der Waals surface area contributed by atoms with Gasteiger partial charge in [0.05, 0.1) is 0 Å². The molecule has 0 atom stereocenters. The normalized spacial score (nSPS) is 11.2. The van der Waals surface area contributed by atoms with E-state index >= 15 is 0 Å². The predicted octanol–water partition coefficient (Wildman–Crippen LogP) is 3.23. The average molecular weight is 312 g/mol. The molecule has 0 aliphatic carbocycles. The average Bonchev–Trinajstić information content (AvgIpc) is 2.42. The van der Waals surface area contributed by atoms with Crippen LogP contribution in [0.5, 0.6) is 0 Å². The maximum Gasteiger partial charge on any atom is 0.270 e. The fourth-order valence-electron chi connectivity index (χ4n) is 2.23. The summed E-state index contributed by atoms with van der Waals surface area (Å²) in [5.74, 6) is 1.03. The van der Waals surface area contributed by atoms with E-state index in [1.54, 1.807) is 13.0 Å². The molecule has 1 aromatic carbocycles. The Bertz CT molecular complexity index is 704. The Morgan fingerprint density at radius 3 is 2.52 bits per heavy atom. The largest absolute Gasteiger partial charge is 0.365 e. The molecule has 2 aromatic rings. The van der Waals surface area contributed by atoms with Crippen molar-refractivity contribution >= 4 is 11.7 Å². The summed E-state index contributed by atoms with van der Waals surface area (Å²) in [6, 6.07) is 9.74. The van der Waals surface area contributed by atoms with Crippen molar-refractivity contribution in [3.05, 3.63) is 53.0 Å². The standard InChI is InChI=1S/C18H24N4O/c1-12-7-6-8-14(9-12)11-19-17(23)15-10-16(21-13(2)20-15)22-18(3,4)5/h6-10H,11H2,1-5H3,(H,19,23)(H,20,21,22). The highest BCUT2D eigenvalue weighted by Crippen LogP contribution is 2.13. The lowest BCUT2D eigenvalue weighted by atomic mass is 10.1. The number of nitrogens with zero attached hydrogens (tertiary/aromatic N) is 2. The van der Waals surface area contributed by atoms with E-state index in [0.717, 1.165) is 5.56 Å². The molecule has 1 heterocycles. The fourth-order valence-corrected chi connectivity index (χ4v) is 2.23. The summed E-state index contributed by atoms with van der Waals surface area (Å²) in [4.78, 5) is 20.9. The summed E-state index contributed by atoms with van der Waals surface area (Å²) in [5.41, 5.74) is 2.48. The van der Waals surface area contributed by atoms with Gasteiger partial charge in [0.25, 0.3) is 5.91 Å². The third kappa shape index (κ3) is 5.36. The number of carbonyl (C=O) groups excluding carboxylic acids is 1. The van der Waals surface area contributed by atoms with Crippen LogP contribution in [-0.4, -0.2) is 21.4 Å². The van der Waals surface area contributed by atoms with Gasteiger partial charge in [-0.15, -0.1) is 0 Å². The molecule has 1 amide bonds. The van der Waals surface area contributed by atoms with Crippen molar-refractivity contribution in [3.8, 4) is 0 Å². The third-order valence-corrected chi connectivity index (χ3v) is 3.11. The van der Waals surface area contributed by atoms with E-state index in [2.05, 4.69) is 26.7 Å². The molecule has 0 bridgehead atoms. The molecule has 2 N–H and O–H groups in total. The molecule has 5 heteroatoms. The molecule has 0 radical (unpaired) electrons. The van der Waals surface area contributed by atoms with Crippen molar-refractivity contribution in [3.63, 3.8) is 0 Å². The van der Waals surface area contributed by atoms with E-state index in [1.165, 1.54) is 5.56 Å². The Morgan fingerprint density at radius 1 is 1.13 bits per heavy atom. The lowest BCUT2D eigenvalue weighted by molar-refractivity contribution is 0.0945. The number of carbonyl (C=O) groups is 1. The zero-order valence-corrected chi connectivity index (χ0v) is 14.4. The number of amides is 1. The number of anilines is 1. The molecule has 0 saturated carbocycles. The molecule has 0 aliphatic rings. The quantitative estimate of drug-likeness (QED) is 0.909. The molecule has 0 unspecified atom stereocenters. The molecular formula is C18H24N4O. The van der Waals surface area contributed by atoms with Crippen molar-refractivity contribution in [1.29, 1.82) is 0 Å². The van der Waals surface area contributed by atoms with E-state index in [1.807, 2.05) is 45.9 Å². The summed E-state index contributed by atoms with van der Waals surface area (Å²) in [6.07, 6.45) is 0. The number of aromatic nitrogens is 2. The number of hydrogen-bond donors (Lipinski definition) is 2. The van der Waals surface area contributed by atoms with Crippen molar-refractivity contribution < 1.29 is 4.79 Å². The first-order valence-electron chi connectivity index (χ1n) is 7.70. The molecule has 5 nitrogen and oxygen atoms in total. The van der Waals surface area contributed by atoms with Crippen LogP contribution in [-0.2, 0) is 6.54 Å². The zero-order chi connectivity index (χ0) is 17.0. The molecule has 0 aliphatic heterocycles. The van der Waals surface area contributed by atoms with Gasteiger partial charge in [0.15, 0.2) is 0 Å². The second-order valence-corrected chi connectivity index (χ2v) is 6.73. The minimum atomic E-state index is -0.200. The van der Waals surface area contributed by atoms with E-state index < -0.39 is 0 Å². The maximum atomic E-state index is 12.3. The van der Waals surface area contributed by atoms with E-state index in [-0.39, 0.29) is 11.4 Å². The SMILES string of the molecule is Cc1cccc(CNC(=O)c2cc(NC(C)(C)C)nc(C)n2)c1. The lowest BCUT2D eigenvalue weighted by Crippen LogP contribution is -2.28. The van der Waals surface area contributed by atoms with Gasteiger partial charge in [-0.2, -0.15) is 0 Å². The van der Waals surface area contributed by atoms with Gasteiger partial charge in [-0.3, -0.25) is 4.79 Å². The Hall–Kier alpha value is -2.43. The smallest absolute Gasteiger partial charge is 0.270 e. The van der Waals surface area contributed by atoms with Crippen LogP contribution in [0.2, 0.25) is 0 Å². The molecule has 23 heavy (non-hydrogen) atoms. The molecule has 0 fully saturated rings. The van der Waals surface area contributed by atoms with Gasteiger partial charge in [0, 0.05) is 18.2 Å². The van der Waals surface area contributed by atoms with Crippen molar-refractivity contribution in [2.75, 3.05) is 5.32 Å². The molecule has 0 saturated heterocycles. The molecular weight excluding hydrogens is 288 g/mol. The second kappa shape index (κ2) is 6.77. The summed E-state index contributed by atoms with van der Waals surface area (Å²) < 4.78 is 0. The number of nitrogens with one attached hydrogen (secondary N) is 2. The lowest BCUT2D eigenvalue weighted by Gasteiger charge is -2.21. The Morgan fingerprint density at radius 2 is 1.87 bits per heavy atom. The first-order valence-corrected chi connectivity index (χ1v) is 7.70. The first kappa shape index (κ1) is 16.9. The molecule has 122 valence electrons. The third-order valence-electron chi connectivity index (χ3n) is 3.11. The highest BCUT2D eigenvalue weighted by atomic mass is 16.1. The van der Waals surface area contributed by atoms with Crippen LogP contribution in [0, 0.1) is 13.8 Å². The second-order valence-electron chi connectivity index (χ2n) is 6.73. The monoisotopic (exact) mass is 312 g/mol. The van der Waals surface area contributed by atoms with Gasteiger partial charge in [0.2, 0.25) is 0 Å². The van der Waals surface area contributed by atoms with Crippen LogP contribution >= 0.6 is 0 Å². The van der Waals surface area contributed by atoms with Gasteiger partial charge in [0.1, 0.15) is 17.3 Å². The number of hydrogen-bond acceptors (Lipinski definition) is 4. The van der Waals surface area contributed by atoms with Crippen molar-refractivity contribution in [1.82, 2.24) is 15.3 Å². The summed E-state index contributed by atoms with van der Waals surface area (Å²) in [5, 5.41) is 6.17. The molecule has 0 spiro atoms. The van der Waals surface area contributed by atoms with Gasteiger partial charge < -0.3 is 10.6 Å². The van der Waals surface area contributed by atoms with Crippen molar-refractivity contribution in [2.24, 2.45) is 0 Å². The van der Waals surface area contributed by atoms with Gasteiger partial charge >= 0.3 is 0 Å². The number of rotatable bonds is 4. The topological polar surface area (TPSA) is 66.9 Å². The Kier molecular flexibility index (Phi) is 4.98. The van der Waals surface area contributed by atoms with Crippen molar-refractivity contribution in [2.45, 2.75) is 46.7 Å². The number of benzene rings is 1. The first-order chi connectivity index (χ1) is 10.7. The fraction of sp³-hybridized carbons (Fsp3) is 0.389. The van der Waals surface area contributed by atoms with Gasteiger partial charge in [-0.1, -0.05) is 29.8 Å². The van der Waals surface area contributed by atoms with Crippen LogP contribution < -0.4 is 10.6 Å². The zero-order valence-electron chi connectivity index (χ0n) is 14.4.